The molecule has 0 N–H and O–H groups in total. The number of rotatable bonds is 6. The van der Waals surface area contributed by atoms with Gasteiger partial charge in [-0.1, -0.05) is 0 Å². The maximum absolute atomic E-state index is 13.3. The lowest BCUT2D eigenvalue weighted by Crippen LogP contribution is -2.10. The van der Waals surface area contributed by atoms with Crippen molar-refractivity contribution >= 4 is 0 Å². The van der Waals surface area contributed by atoms with Gasteiger partial charge in [0, 0.05) is 18.8 Å². The topological polar surface area (TPSA) is 27.7 Å². The predicted molar refractivity (Wildman–Crippen MR) is 58.9 cm³/mol. The van der Waals surface area contributed by atoms with Gasteiger partial charge in [0.15, 0.2) is 17.9 Å². The minimum atomic E-state index is -1.01. The van der Waals surface area contributed by atoms with E-state index in [4.69, 9.17) is 14.2 Å². The summed E-state index contributed by atoms with van der Waals surface area (Å²) < 4.78 is 41.9. The average molecular weight is 246 g/mol. The highest BCUT2D eigenvalue weighted by Crippen LogP contribution is 2.27. The summed E-state index contributed by atoms with van der Waals surface area (Å²) in [6, 6.07) is 2.42. The van der Waals surface area contributed by atoms with Crippen molar-refractivity contribution in [2.75, 3.05) is 20.3 Å². The normalized spacial score (nSPS) is 10.9. The third kappa shape index (κ3) is 3.38. The van der Waals surface area contributed by atoms with Gasteiger partial charge in [-0.25, -0.2) is 4.39 Å². The summed E-state index contributed by atoms with van der Waals surface area (Å²) in [4.78, 5) is 0. The molecule has 0 aliphatic carbocycles. The lowest BCUT2D eigenvalue weighted by molar-refractivity contribution is -0.140. The van der Waals surface area contributed by atoms with Crippen molar-refractivity contribution in [2.24, 2.45) is 0 Å². The van der Waals surface area contributed by atoms with Crippen LogP contribution in [-0.2, 0) is 9.47 Å². The summed E-state index contributed by atoms with van der Waals surface area (Å²) in [7, 11) is 1.28. The van der Waals surface area contributed by atoms with E-state index >= 15 is 0 Å². The number of benzene rings is 1. The Balaban J connectivity index is 3.06. The van der Waals surface area contributed by atoms with Crippen LogP contribution in [0, 0.1) is 11.6 Å². The van der Waals surface area contributed by atoms with E-state index in [0.717, 1.165) is 6.07 Å². The standard InChI is InChI=1S/C12H16F2O3/c1-4-16-12(17-5-2)8-6-9(13)11(14)10(7-8)15-3/h6-7,12H,4-5H2,1-3H3. The summed E-state index contributed by atoms with van der Waals surface area (Å²) in [5.74, 6) is -2.16. The second kappa shape index (κ2) is 6.51. The fourth-order valence-electron chi connectivity index (χ4n) is 1.41. The Morgan fingerprint density at radius 3 is 2.18 bits per heavy atom. The summed E-state index contributed by atoms with van der Waals surface area (Å²) >= 11 is 0. The number of halogens is 2. The fourth-order valence-corrected chi connectivity index (χ4v) is 1.41. The van der Waals surface area contributed by atoms with Crippen LogP contribution in [-0.4, -0.2) is 20.3 Å². The summed E-state index contributed by atoms with van der Waals surface area (Å²) in [5, 5.41) is 0. The molecule has 0 saturated carbocycles. The van der Waals surface area contributed by atoms with Gasteiger partial charge in [0.2, 0.25) is 5.82 Å². The van der Waals surface area contributed by atoms with E-state index in [2.05, 4.69) is 0 Å². The molecule has 0 aromatic heterocycles. The van der Waals surface area contributed by atoms with E-state index in [1.807, 2.05) is 0 Å². The highest BCUT2D eigenvalue weighted by atomic mass is 19.2. The van der Waals surface area contributed by atoms with Crippen molar-refractivity contribution in [1.82, 2.24) is 0 Å². The van der Waals surface area contributed by atoms with Crippen LogP contribution in [0.3, 0.4) is 0 Å². The van der Waals surface area contributed by atoms with Gasteiger partial charge in [-0.05, 0) is 26.0 Å². The quantitative estimate of drug-likeness (QED) is 0.722. The summed E-state index contributed by atoms with van der Waals surface area (Å²) in [6.45, 7) is 4.41. The zero-order chi connectivity index (χ0) is 12.8. The Hall–Kier alpha value is -1.20. The van der Waals surface area contributed by atoms with Crippen molar-refractivity contribution < 1.29 is 23.0 Å². The molecule has 0 aliphatic rings. The minimum Gasteiger partial charge on any atom is -0.494 e. The van der Waals surface area contributed by atoms with E-state index in [9.17, 15) is 8.78 Å². The van der Waals surface area contributed by atoms with Crippen molar-refractivity contribution in [3.8, 4) is 5.75 Å². The van der Waals surface area contributed by atoms with Crippen molar-refractivity contribution in [3.63, 3.8) is 0 Å². The molecule has 0 heterocycles. The molecule has 0 aliphatic heterocycles. The van der Waals surface area contributed by atoms with Gasteiger partial charge < -0.3 is 14.2 Å². The SMILES string of the molecule is CCOC(OCC)c1cc(F)c(F)c(OC)c1. The van der Waals surface area contributed by atoms with Crippen LogP contribution in [0.4, 0.5) is 8.78 Å². The van der Waals surface area contributed by atoms with Crippen molar-refractivity contribution in [3.05, 3.63) is 29.3 Å². The van der Waals surface area contributed by atoms with Crippen LogP contribution in [0.1, 0.15) is 25.7 Å². The van der Waals surface area contributed by atoms with Crippen LogP contribution in [0.25, 0.3) is 0 Å². The van der Waals surface area contributed by atoms with E-state index in [0.29, 0.717) is 18.8 Å². The van der Waals surface area contributed by atoms with Gasteiger partial charge in [0.05, 0.1) is 7.11 Å². The minimum absolute atomic E-state index is 0.163. The first kappa shape index (κ1) is 13.9. The Morgan fingerprint density at radius 1 is 1.12 bits per heavy atom. The van der Waals surface area contributed by atoms with Gasteiger partial charge in [-0.2, -0.15) is 4.39 Å². The summed E-state index contributed by atoms with van der Waals surface area (Å²) in [6.07, 6.45) is -0.714. The van der Waals surface area contributed by atoms with Gasteiger partial charge in [-0.3, -0.25) is 0 Å². The molecule has 1 aromatic rings. The van der Waals surface area contributed by atoms with Gasteiger partial charge >= 0.3 is 0 Å². The molecule has 0 bridgehead atoms. The Labute approximate surface area is 99.3 Å². The fraction of sp³-hybridized carbons (Fsp3) is 0.500. The molecule has 96 valence electrons. The lowest BCUT2D eigenvalue weighted by atomic mass is 10.2. The number of ether oxygens (including phenoxy) is 3. The lowest BCUT2D eigenvalue weighted by Gasteiger charge is -2.18. The molecule has 1 rings (SSSR count). The molecule has 1 aromatic carbocycles. The van der Waals surface area contributed by atoms with E-state index in [1.54, 1.807) is 13.8 Å². The summed E-state index contributed by atoms with van der Waals surface area (Å²) in [5.41, 5.74) is 0.393. The first-order chi connectivity index (χ1) is 8.13. The molecule has 3 nitrogen and oxygen atoms in total. The van der Waals surface area contributed by atoms with Crippen LogP contribution in [0.5, 0.6) is 5.75 Å². The average Bonchev–Trinajstić information content (AvgIpc) is 2.32. The maximum atomic E-state index is 13.3. The van der Waals surface area contributed by atoms with E-state index in [-0.39, 0.29) is 5.75 Å². The molecule has 0 unspecified atom stereocenters. The number of hydrogen-bond donors (Lipinski definition) is 0. The Kier molecular flexibility index (Phi) is 5.31. The molecular weight excluding hydrogens is 230 g/mol. The zero-order valence-corrected chi connectivity index (χ0v) is 10.1. The largest absolute Gasteiger partial charge is 0.494 e. The smallest absolute Gasteiger partial charge is 0.200 e. The van der Waals surface area contributed by atoms with Crippen molar-refractivity contribution in [1.29, 1.82) is 0 Å². The van der Waals surface area contributed by atoms with Crippen LogP contribution >= 0.6 is 0 Å². The van der Waals surface area contributed by atoms with Gasteiger partial charge in [0.1, 0.15) is 0 Å². The second-order valence-corrected chi connectivity index (χ2v) is 3.26. The van der Waals surface area contributed by atoms with Crippen LogP contribution in [0.15, 0.2) is 12.1 Å². The Morgan fingerprint density at radius 2 is 1.71 bits per heavy atom. The molecule has 0 atom stereocenters. The maximum Gasteiger partial charge on any atom is 0.200 e. The van der Waals surface area contributed by atoms with Gasteiger partial charge in [0.25, 0.3) is 0 Å². The van der Waals surface area contributed by atoms with Crippen LogP contribution in [0.2, 0.25) is 0 Å². The molecule has 0 saturated heterocycles. The third-order valence-corrected chi connectivity index (χ3v) is 2.15. The van der Waals surface area contributed by atoms with E-state index < -0.39 is 17.9 Å². The molecular formula is C12H16F2O3. The molecule has 5 heteroatoms. The van der Waals surface area contributed by atoms with Crippen LogP contribution < -0.4 is 4.74 Å². The highest BCUT2D eigenvalue weighted by Gasteiger charge is 2.18. The van der Waals surface area contributed by atoms with Crippen molar-refractivity contribution in [2.45, 2.75) is 20.1 Å². The van der Waals surface area contributed by atoms with Gasteiger partial charge in [-0.15, -0.1) is 0 Å². The number of methoxy groups -OCH3 is 1. The third-order valence-electron chi connectivity index (χ3n) is 2.15. The predicted octanol–water partition coefficient (Wildman–Crippen LogP) is 3.05. The first-order valence-electron chi connectivity index (χ1n) is 5.40. The zero-order valence-electron chi connectivity index (χ0n) is 10.1. The first-order valence-corrected chi connectivity index (χ1v) is 5.40. The monoisotopic (exact) mass is 246 g/mol. The highest BCUT2D eigenvalue weighted by molar-refractivity contribution is 5.32. The Bertz CT molecular complexity index is 363. The molecule has 17 heavy (non-hydrogen) atoms. The second-order valence-electron chi connectivity index (χ2n) is 3.26. The molecule has 0 spiro atoms. The number of hydrogen-bond acceptors (Lipinski definition) is 3. The molecule has 0 amide bonds. The molecule has 0 fully saturated rings. The molecule has 0 radical (unpaired) electrons. The van der Waals surface area contributed by atoms with E-state index in [1.165, 1.54) is 13.2 Å².